The van der Waals surface area contributed by atoms with Gasteiger partial charge in [-0.15, -0.1) is 0 Å². The first-order valence-electron chi connectivity index (χ1n) is 6.35. The maximum Gasteiger partial charge on any atom is 0.323 e. The minimum Gasteiger partial charge on any atom is -0.480 e. The summed E-state index contributed by atoms with van der Waals surface area (Å²) in [6.07, 6.45) is 1.81. The molecule has 0 aromatic heterocycles. The maximum absolute atomic E-state index is 13.9. The Hall–Kier alpha value is -1.98. The molecule has 6 heteroatoms. The van der Waals surface area contributed by atoms with Crippen LogP contribution in [0.15, 0.2) is 12.1 Å². The van der Waals surface area contributed by atoms with Crippen LogP contribution in [0.25, 0.3) is 0 Å². The second kappa shape index (κ2) is 5.56. The average molecular weight is 283 g/mol. The quantitative estimate of drug-likeness (QED) is 0.901. The van der Waals surface area contributed by atoms with E-state index in [1.165, 1.54) is 13.0 Å². The van der Waals surface area contributed by atoms with Gasteiger partial charge in [0.2, 0.25) is 0 Å². The van der Waals surface area contributed by atoms with Gasteiger partial charge in [-0.3, -0.25) is 9.59 Å². The van der Waals surface area contributed by atoms with Crippen molar-refractivity contribution in [1.29, 1.82) is 0 Å². The van der Waals surface area contributed by atoms with E-state index < -0.39 is 35.6 Å². The van der Waals surface area contributed by atoms with Gasteiger partial charge in [0.15, 0.2) is 0 Å². The molecule has 1 saturated carbocycles. The Labute approximate surface area is 115 Å². The summed E-state index contributed by atoms with van der Waals surface area (Å²) in [5, 5.41) is 8.82. The van der Waals surface area contributed by atoms with Crippen LogP contribution in [0, 0.1) is 24.5 Å². The molecule has 1 aliphatic rings. The van der Waals surface area contributed by atoms with E-state index in [2.05, 4.69) is 0 Å². The Bertz CT molecular complexity index is 556. The first kappa shape index (κ1) is 14.4. The number of aryl methyl sites for hydroxylation is 1. The molecule has 4 nitrogen and oxygen atoms in total. The van der Waals surface area contributed by atoms with Crippen molar-refractivity contribution in [3.8, 4) is 0 Å². The molecule has 2 rings (SSSR count). The van der Waals surface area contributed by atoms with E-state index in [9.17, 15) is 18.4 Å². The number of nitrogens with zero attached hydrogens (tertiary/aromatic N) is 1. The summed E-state index contributed by atoms with van der Waals surface area (Å²) < 4.78 is 27.6. The summed E-state index contributed by atoms with van der Waals surface area (Å²) in [6, 6.07) is 2.26. The number of aliphatic carboxylic acids is 1. The highest BCUT2D eigenvalue weighted by molar-refractivity contribution is 5.96. The van der Waals surface area contributed by atoms with Crippen LogP contribution < -0.4 is 0 Å². The normalized spacial score (nSPS) is 14.2. The van der Waals surface area contributed by atoms with Gasteiger partial charge in [0.05, 0.1) is 0 Å². The van der Waals surface area contributed by atoms with E-state index in [1.54, 1.807) is 0 Å². The Morgan fingerprint density at radius 3 is 2.55 bits per heavy atom. The molecule has 0 saturated heterocycles. The smallest absolute Gasteiger partial charge is 0.323 e. The third kappa shape index (κ3) is 3.12. The molecule has 0 unspecified atom stereocenters. The minimum absolute atomic E-state index is 0.149. The number of carbonyl (C=O) groups excluding carboxylic acids is 1. The van der Waals surface area contributed by atoms with Gasteiger partial charge >= 0.3 is 5.97 Å². The summed E-state index contributed by atoms with van der Waals surface area (Å²) in [6.45, 7) is 1.09. The summed E-state index contributed by atoms with van der Waals surface area (Å²) >= 11 is 0. The van der Waals surface area contributed by atoms with Gasteiger partial charge in [0, 0.05) is 6.54 Å². The molecule has 0 spiro atoms. The number of carbonyl (C=O) groups is 2. The van der Waals surface area contributed by atoms with Crippen LogP contribution in [0.2, 0.25) is 0 Å². The van der Waals surface area contributed by atoms with Crippen molar-refractivity contribution in [1.82, 2.24) is 4.90 Å². The largest absolute Gasteiger partial charge is 0.480 e. The van der Waals surface area contributed by atoms with Crippen molar-refractivity contribution >= 4 is 11.9 Å². The van der Waals surface area contributed by atoms with E-state index in [0.29, 0.717) is 0 Å². The number of hydrogen-bond donors (Lipinski definition) is 1. The molecule has 0 aliphatic heterocycles. The topological polar surface area (TPSA) is 57.6 Å². The highest BCUT2D eigenvalue weighted by Crippen LogP contribution is 2.30. The third-order valence-electron chi connectivity index (χ3n) is 3.29. The molecule has 1 aromatic carbocycles. The fourth-order valence-electron chi connectivity index (χ4n) is 2.01. The highest BCUT2D eigenvalue weighted by atomic mass is 19.1. The van der Waals surface area contributed by atoms with Crippen molar-refractivity contribution in [2.24, 2.45) is 5.92 Å². The van der Waals surface area contributed by atoms with E-state index in [-0.39, 0.29) is 18.0 Å². The fourth-order valence-corrected chi connectivity index (χ4v) is 2.01. The lowest BCUT2D eigenvalue weighted by Crippen LogP contribution is -2.38. The SMILES string of the molecule is Cc1ccc(F)c(C(=O)N(CC(=O)O)CC2CC2)c1F. The summed E-state index contributed by atoms with van der Waals surface area (Å²) in [5.41, 5.74) is -0.525. The molecule has 1 aromatic rings. The van der Waals surface area contributed by atoms with E-state index in [4.69, 9.17) is 5.11 Å². The second-order valence-electron chi connectivity index (χ2n) is 5.08. The number of benzene rings is 1. The molecular weight excluding hydrogens is 268 g/mol. The van der Waals surface area contributed by atoms with Crippen LogP contribution in [0.3, 0.4) is 0 Å². The molecule has 1 aliphatic carbocycles. The standard InChI is InChI=1S/C14H15F2NO3/c1-8-2-5-10(15)12(13(8)16)14(20)17(7-11(18)19)6-9-3-4-9/h2,5,9H,3-4,6-7H2,1H3,(H,18,19). The Kier molecular flexibility index (Phi) is 4.01. The van der Waals surface area contributed by atoms with Crippen LogP contribution in [-0.2, 0) is 4.79 Å². The zero-order valence-electron chi connectivity index (χ0n) is 11.0. The van der Waals surface area contributed by atoms with E-state index in [0.717, 1.165) is 23.8 Å². The van der Waals surface area contributed by atoms with Gasteiger partial charge < -0.3 is 10.0 Å². The molecule has 1 amide bonds. The van der Waals surface area contributed by atoms with Gasteiger partial charge in [-0.2, -0.15) is 0 Å². The molecule has 0 heterocycles. The van der Waals surface area contributed by atoms with Crippen LogP contribution in [0.5, 0.6) is 0 Å². The molecule has 0 radical (unpaired) electrons. The van der Waals surface area contributed by atoms with Crippen LogP contribution >= 0.6 is 0 Å². The molecule has 1 N–H and O–H groups in total. The molecule has 1 fully saturated rings. The van der Waals surface area contributed by atoms with Gasteiger partial charge in [-0.1, -0.05) is 6.07 Å². The van der Waals surface area contributed by atoms with E-state index >= 15 is 0 Å². The number of halogens is 2. The summed E-state index contributed by atoms with van der Waals surface area (Å²) in [4.78, 5) is 24.0. The zero-order chi connectivity index (χ0) is 14.9. The van der Waals surface area contributed by atoms with Gasteiger partial charge in [-0.05, 0) is 37.3 Å². The monoisotopic (exact) mass is 283 g/mol. The Morgan fingerprint density at radius 1 is 1.35 bits per heavy atom. The van der Waals surface area contributed by atoms with Gasteiger partial charge in [0.1, 0.15) is 23.7 Å². The lowest BCUT2D eigenvalue weighted by atomic mass is 10.1. The van der Waals surface area contributed by atoms with Crippen LogP contribution in [-0.4, -0.2) is 35.0 Å². The zero-order valence-corrected chi connectivity index (χ0v) is 11.0. The first-order chi connectivity index (χ1) is 9.40. The molecular formula is C14H15F2NO3. The number of carboxylic acids is 1. The lowest BCUT2D eigenvalue weighted by Gasteiger charge is -2.21. The van der Waals surface area contributed by atoms with Crippen molar-refractivity contribution in [2.45, 2.75) is 19.8 Å². The summed E-state index contributed by atoms with van der Waals surface area (Å²) in [5.74, 6) is -3.77. The van der Waals surface area contributed by atoms with Crippen molar-refractivity contribution < 1.29 is 23.5 Å². The van der Waals surface area contributed by atoms with Crippen molar-refractivity contribution in [3.05, 3.63) is 34.9 Å². The average Bonchev–Trinajstić information content (AvgIpc) is 3.17. The minimum atomic E-state index is -1.20. The Morgan fingerprint density at radius 2 is 2.00 bits per heavy atom. The Balaban J connectivity index is 2.30. The molecule has 108 valence electrons. The predicted molar refractivity (Wildman–Crippen MR) is 67.4 cm³/mol. The number of rotatable bonds is 5. The van der Waals surface area contributed by atoms with Crippen LogP contribution in [0.4, 0.5) is 8.78 Å². The number of amides is 1. The number of carboxylic acid groups (broad SMARTS) is 1. The highest BCUT2D eigenvalue weighted by Gasteiger charge is 2.31. The predicted octanol–water partition coefficient (Wildman–Crippen LogP) is 2.21. The molecule has 20 heavy (non-hydrogen) atoms. The first-order valence-corrected chi connectivity index (χ1v) is 6.35. The fraction of sp³-hybridized carbons (Fsp3) is 0.429. The molecule has 0 atom stereocenters. The molecule has 0 bridgehead atoms. The lowest BCUT2D eigenvalue weighted by molar-refractivity contribution is -0.137. The van der Waals surface area contributed by atoms with Crippen molar-refractivity contribution in [3.63, 3.8) is 0 Å². The second-order valence-corrected chi connectivity index (χ2v) is 5.08. The van der Waals surface area contributed by atoms with Crippen LogP contribution in [0.1, 0.15) is 28.8 Å². The maximum atomic E-state index is 13.9. The van der Waals surface area contributed by atoms with E-state index in [1.807, 2.05) is 0 Å². The third-order valence-corrected chi connectivity index (χ3v) is 3.29. The number of hydrogen-bond acceptors (Lipinski definition) is 2. The summed E-state index contributed by atoms with van der Waals surface area (Å²) in [7, 11) is 0. The van der Waals surface area contributed by atoms with Gasteiger partial charge in [-0.25, -0.2) is 8.78 Å². The van der Waals surface area contributed by atoms with Crippen molar-refractivity contribution in [2.75, 3.05) is 13.1 Å². The van der Waals surface area contributed by atoms with Gasteiger partial charge in [0.25, 0.3) is 5.91 Å².